The van der Waals surface area contributed by atoms with Crippen molar-refractivity contribution in [3.63, 3.8) is 0 Å². The summed E-state index contributed by atoms with van der Waals surface area (Å²) < 4.78 is 15.8. The van der Waals surface area contributed by atoms with Gasteiger partial charge in [-0.2, -0.15) is 0 Å². The number of methoxy groups -OCH3 is 1. The van der Waals surface area contributed by atoms with Crippen LogP contribution in [0.1, 0.15) is 24.6 Å². The minimum absolute atomic E-state index is 0.00596. The van der Waals surface area contributed by atoms with E-state index in [1.54, 1.807) is 13.2 Å². The van der Waals surface area contributed by atoms with Crippen LogP contribution >= 0.6 is 0 Å². The van der Waals surface area contributed by atoms with Crippen LogP contribution in [0.4, 0.5) is 0 Å². The highest BCUT2D eigenvalue weighted by Gasteiger charge is 2.02. The summed E-state index contributed by atoms with van der Waals surface area (Å²) in [5.41, 5.74) is 1.76. The number of ether oxygens (including phenoxy) is 3. The third-order valence-corrected chi connectivity index (χ3v) is 2.57. The maximum Gasteiger partial charge on any atom is 0.213 e. The number of pyridine rings is 1. The average molecular weight is 269 g/mol. The molecule has 1 aromatic rings. The summed E-state index contributed by atoms with van der Waals surface area (Å²) in [7, 11) is 1.65. The van der Waals surface area contributed by atoms with Crippen molar-refractivity contribution in [3.8, 4) is 5.88 Å². The average Bonchev–Trinajstić information content (AvgIpc) is 2.45. The molecule has 1 N–H and O–H groups in total. The Labute approximate surface area is 114 Å². The fourth-order valence-electron chi connectivity index (χ4n) is 1.55. The molecule has 0 bridgehead atoms. The maximum absolute atomic E-state index is 9.16. The van der Waals surface area contributed by atoms with Gasteiger partial charge in [-0.05, 0) is 18.1 Å². The molecule has 0 saturated carbocycles. The summed E-state index contributed by atoms with van der Waals surface area (Å²) in [6.45, 7) is 4.44. The van der Waals surface area contributed by atoms with Crippen molar-refractivity contribution in [2.45, 2.75) is 26.4 Å². The lowest BCUT2D eigenvalue weighted by Crippen LogP contribution is -2.08. The number of aliphatic hydroxyl groups is 1. The first-order chi connectivity index (χ1) is 9.30. The van der Waals surface area contributed by atoms with E-state index < -0.39 is 0 Å². The van der Waals surface area contributed by atoms with Crippen LogP contribution in [0.5, 0.6) is 5.88 Å². The molecule has 0 aliphatic carbocycles. The summed E-state index contributed by atoms with van der Waals surface area (Å²) in [4.78, 5) is 4.35. The summed E-state index contributed by atoms with van der Waals surface area (Å²) >= 11 is 0. The fraction of sp³-hybridized carbons (Fsp3) is 0.643. The smallest absolute Gasteiger partial charge is 0.213 e. The monoisotopic (exact) mass is 269 g/mol. The predicted molar refractivity (Wildman–Crippen MR) is 72.3 cm³/mol. The fourth-order valence-corrected chi connectivity index (χ4v) is 1.55. The van der Waals surface area contributed by atoms with E-state index in [9.17, 15) is 0 Å². The summed E-state index contributed by atoms with van der Waals surface area (Å²) in [5.74, 6) is 0.570. The van der Waals surface area contributed by atoms with Gasteiger partial charge in [-0.15, -0.1) is 0 Å². The van der Waals surface area contributed by atoms with Crippen LogP contribution in [0, 0.1) is 0 Å². The molecule has 0 saturated heterocycles. The molecule has 0 aromatic carbocycles. The molecule has 0 unspecified atom stereocenters. The van der Waals surface area contributed by atoms with Gasteiger partial charge >= 0.3 is 0 Å². The van der Waals surface area contributed by atoms with E-state index in [0.717, 1.165) is 24.1 Å². The Kier molecular flexibility index (Phi) is 8.13. The molecule has 0 aliphatic heterocycles. The second-order valence-corrected chi connectivity index (χ2v) is 4.12. The van der Waals surface area contributed by atoms with Crippen molar-refractivity contribution >= 4 is 0 Å². The van der Waals surface area contributed by atoms with Gasteiger partial charge in [0.25, 0.3) is 0 Å². The summed E-state index contributed by atoms with van der Waals surface area (Å²) in [6.07, 6.45) is 1.63. The second-order valence-electron chi connectivity index (χ2n) is 4.12. The van der Waals surface area contributed by atoms with Crippen molar-refractivity contribution in [2.75, 3.05) is 33.5 Å². The SMILES string of the molecule is CCc1cc(CO)cc(OCCCOCCOC)n1. The van der Waals surface area contributed by atoms with Gasteiger partial charge in [0.1, 0.15) is 0 Å². The molecule has 108 valence electrons. The van der Waals surface area contributed by atoms with Crippen LogP contribution in [0.15, 0.2) is 12.1 Å². The van der Waals surface area contributed by atoms with Crippen LogP contribution in [0.3, 0.4) is 0 Å². The molecule has 0 atom stereocenters. The maximum atomic E-state index is 9.16. The van der Waals surface area contributed by atoms with Gasteiger partial charge in [-0.25, -0.2) is 4.98 Å². The van der Waals surface area contributed by atoms with Crippen LogP contribution in [-0.4, -0.2) is 43.6 Å². The molecule has 0 amide bonds. The Morgan fingerprint density at radius 1 is 1.16 bits per heavy atom. The number of nitrogens with zero attached hydrogens (tertiary/aromatic N) is 1. The van der Waals surface area contributed by atoms with Gasteiger partial charge in [-0.3, -0.25) is 0 Å². The number of rotatable bonds is 10. The Morgan fingerprint density at radius 2 is 2.00 bits per heavy atom. The first kappa shape index (κ1) is 15.9. The molecule has 1 heterocycles. The zero-order valence-electron chi connectivity index (χ0n) is 11.7. The van der Waals surface area contributed by atoms with Gasteiger partial charge in [0.05, 0.1) is 26.4 Å². The first-order valence-corrected chi connectivity index (χ1v) is 6.60. The highest BCUT2D eigenvalue weighted by atomic mass is 16.5. The van der Waals surface area contributed by atoms with Gasteiger partial charge < -0.3 is 19.3 Å². The van der Waals surface area contributed by atoms with Gasteiger partial charge in [-0.1, -0.05) is 6.92 Å². The summed E-state index contributed by atoms with van der Waals surface area (Å²) in [6, 6.07) is 3.66. The molecular formula is C14H23NO4. The van der Waals surface area contributed by atoms with Gasteiger partial charge in [0.2, 0.25) is 5.88 Å². The molecule has 0 spiro atoms. The van der Waals surface area contributed by atoms with Crippen molar-refractivity contribution in [3.05, 3.63) is 23.4 Å². The number of aryl methyl sites for hydroxylation is 1. The molecule has 0 aliphatic rings. The van der Waals surface area contributed by atoms with Gasteiger partial charge in [0.15, 0.2) is 0 Å². The van der Waals surface area contributed by atoms with Gasteiger partial charge in [0, 0.05) is 31.9 Å². The molecule has 19 heavy (non-hydrogen) atoms. The first-order valence-electron chi connectivity index (χ1n) is 6.60. The largest absolute Gasteiger partial charge is 0.478 e. The van der Waals surface area contributed by atoms with E-state index in [4.69, 9.17) is 19.3 Å². The molecule has 1 rings (SSSR count). The molecular weight excluding hydrogens is 246 g/mol. The van der Waals surface area contributed by atoms with E-state index in [1.165, 1.54) is 0 Å². The van der Waals surface area contributed by atoms with E-state index in [2.05, 4.69) is 4.98 Å². The zero-order valence-corrected chi connectivity index (χ0v) is 11.7. The Balaban J connectivity index is 2.28. The minimum atomic E-state index is 0.00596. The molecule has 5 nitrogen and oxygen atoms in total. The lowest BCUT2D eigenvalue weighted by atomic mass is 10.2. The van der Waals surface area contributed by atoms with E-state index in [-0.39, 0.29) is 6.61 Å². The Hall–Kier alpha value is -1.17. The van der Waals surface area contributed by atoms with Crippen molar-refractivity contribution in [1.29, 1.82) is 0 Å². The van der Waals surface area contributed by atoms with Crippen molar-refractivity contribution in [1.82, 2.24) is 4.98 Å². The molecule has 1 aromatic heterocycles. The minimum Gasteiger partial charge on any atom is -0.478 e. The number of aromatic nitrogens is 1. The highest BCUT2D eigenvalue weighted by Crippen LogP contribution is 2.13. The molecule has 0 fully saturated rings. The Bertz CT molecular complexity index is 335. The van der Waals surface area contributed by atoms with Crippen LogP contribution in [0.2, 0.25) is 0 Å². The van der Waals surface area contributed by atoms with Crippen LogP contribution in [-0.2, 0) is 22.5 Å². The third-order valence-electron chi connectivity index (χ3n) is 2.57. The second kappa shape index (κ2) is 9.72. The molecule has 5 heteroatoms. The van der Waals surface area contributed by atoms with Crippen LogP contribution < -0.4 is 4.74 Å². The van der Waals surface area contributed by atoms with Crippen molar-refractivity contribution < 1.29 is 19.3 Å². The number of hydrogen-bond acceptors (Lipinski definition) is 5. The number of hydrogen-bond donors (Lipinski definition) is 1. The topological polar surface area (TPSA) is 60.8 Å². The third kappa shape index (κ3) is 6.52. The predicted octanol–water partition coefficient (Wildman–Crippen LogP) is 1.57. The highest BCUT2D eigenvalue weighted by molar-refractivity contribution is 5.24. The normalized spacial score (nSPS) is 10.7. The zero-order chi connectivity index (χ0) is 13.9. The van der Waals surface area contributed by atoms with Crippen LogP contribution in [0.25, 0.3) is 0 Å². The quantitative estimate of drug-likeness (QED) is 0.653. The lowest BCUT2D eigenvalue weighted by molar-refractivity contribution is 0.0642. The van der Waals surface area contributed by atoms with E-state index in [1.807, 2.05) is 13.0 Å². The molecule has 0 radical (unpaired) electrons. The van der Waals surface area contributed by atoms with E-state index >= 15 is 0 Å². The summed E-state index contributed by atoms with van der Waals surface area (Å²) in [5, 5.41) is 9.16. The van der Waals surface area contributed by atoms with Crippen molar-refractivity contribution in [2.24, 2.45) is 0 Å². The Morgan fingerprint density at radius 3 is 2.68 bits per heavy atom. The van der Waals surface area contributed by atoms with E-state index in [0.29, 0.717) is 32.3 Å². The lowest BCUT2D eigenvalue weighted by Gasteiger charge is -2.09. The number of aliphatic hydroxyl groups excluding tert-OH is 1. The standard InChI is InChI=1S/C14H23NO4/c1-3-13-9-12(11-16)10-14(15-13)19-6-4-5-18-8-7-17-2/h9-10,16H,3-8,11H2,1-2H3.